The van der Waals surface area contributed by atoms with Crippen molar-refractivity contribution in [3.63, 3.8) is 0 Å². The van der Waals surface area contributed by atoms with E-state index >= 15 is 0 Å². The molecular formula is C22H28N2O5. The Bertz CT molecular complexity index is 785. The zero-order chi connectivity index (χ0) is 20.4. The highest BCUT2D eigenvalue weighted by molar-refractivity contribution is 5.77. The highest BCUT2D eigenvalue weighted by Gasteiger charge is 2.52. The van der Waals surface area contributed by atoms with Crippen LogP contribution in [-0.2, 0) is 14.9 Å². The third kappa shape index (κ3) is 3.79. The molecule has 29 heavy (non-hydrogen) atoms. The number of methoxy groups -OCH3 is 1. The van der Waals surface area contributed by atoms with E-state index in [-0.39, 0.29) is 17.9 Å². The van der Waals surface area contributed by atoms with Gasteiger partial charge in [0.05, 0.1) is 31.8 Å². The summed E-state index contributed by atoms with van der Waals surface area (Å²) in [5.41, 5.74) is 2.16. The van der Waals surface area contributed by atoms with Crippen molar-refractivity contribution in [3.05, 3.63) is 23.8 Å². The van der Waals surface area contributed by atoms with Crippen LogP contribution in [0.25, 0.3) is 0 Å². The standard InChI is InChI=1S/C22H28N2O5/c1-27-19-3-2-17(10-20(19)29-18-4-6-28-7-5-18)22(13-23)11-15-8-14(21(25)24-26)9-16(15)12-22/h2-3,10,14-16,18,26H,4-9,11-12H2,1H3,(H,24,25)/t14?,15-,16+,22?. The highest BCUT2D eigenvalue weighted by Crippen LogP contribution is 2.56. The molecule has 1 saturated heterocycles. The molecule has 1 aromatic carbocycles. The monoisotopic (exact) mass is 400 g/mol. The van der Waals surface area contributed by atoms with E-state index in [1.54, 1.807) is 12.6 Å². The zero-order valence-electron chi connectivity index (χ0n) is 16.7. The summed E-state index contributed by atoms with van der Waals surface area (Å²) in [5, 5.41) is 19.0. The lowest BCUT2D eigenvalue weighted by Crippen LogP contribution is -2.28. The molecule has 0 aromatic heterocycles. The molecule has 3 fully saturated rings. The van der Waals surface area contributed by atoms with Crippen LogP contribution in [0.3, 0.4) is 0 Å². The summed E-state index contributed by atoms with van der Waals surface area (Å²) in [6, 6.07) is 8.41. The Balaban J connectivity index is 1.55. The maximum Gasteiger partial charge on any atom is 0.246 e. The second-order valence-corrected chi connectivity index (χ2v) is 8.56. The summed E-state index contributed by atoms with van der Waals surface area (Å²) in [4.78, 5) is 11.8. The van der Waals surface area contributed by atoms with E-state index in [1.807, 2.05) is 18.2 Å². The van der Waals surface area contributed by atoms with Crippen LogP contribution in [0.5, 0.6) is 11.5 Å². The van der Waals surface area contributed by atoms with Gasteiger partial charge in [-0.1, -0.05) is 6.07 Å². The van der Waals surface area contributed by atoms with E-state index in [9.17, 15) is 10.1 Å². The Hall–Kier alpha value is -2.30. The predicted molar refractivity (Wildman–Crippen MR) is 104 cm³/mol. The van der Waals surface area contributed by atoms with Crippen molar-refractivity contribution in [2.24, 2.45) is 17.8 Å². The number of fused-ring (bicyclic) bond motifs is 1. The van der Waals surface area contributed by atoms with Gasteiger partial charge in [0.1, 0.15) is 6.10 Å². The van der Waals surface area contributed by atoms with E-state index in [0.29, 0.717) is 36.5 Å². The van der Waals surface area contributed by atoms with Gasteiger partial charge in [-0.2, -0.15) is 5.26 Å². The number of nitrogens with zero attached hydrogens (tertiary/aromatic N) is 1. The second kappa shape index (κ2) is 8.21. The van der Waals surface area contributed by atoms with Crippen LogP contribution >= 0.6 is 0 Å². The first kappa shape index (κ1) is 20.0. The van der Waals surface area contributed by atoms with Gasteiger partial charge in [0.2, 0.25) is 5.91 Å². The van der Waals surface area contributed by atoms with Crippen molar-refractivity contribution in [1.82, 2.24) is 5.48 Å². The van der Waals surface area contributed by atoms with Gasteiger partial charge in [0, 0.05) is 18.8 Å². The maximum absolute atomic E-state index is 11.8. The van der Waals surface area contributed by atoms with Crippen molar-refractivity contribution < 1.29 is 24.2 Å². The van der Waals surface area contributed by atoms with Crippen molar-refractivity contribution in [3.8, 4) is 17.6 Å². The van der Waals surface area contributed by atoms with Crippen LogP contribution in [-0.4, -0.2) is 37.5 Å². The van der Waals surface area contributed by atoms with Gasteiger partial charge in [-0.05, 0) is 55.2 Å². The lowest BCUT2D eigenvalue weighted by atomic mass is 9.77. The molecule has 0 spiro atoms. The van der Waals surface area contributed by atoms with Crippen LogP contribution in [0.2, 0.25) is 0 Å². The molecule has 1 aliphatic heterocycles. The number of ether oxygens (including phenoxy) is 3. The third-order valence-electron chi connectivity index (χ3n) is 6.94. The average molecular weight is 400 g/mol. The number of carbonyl (C=O) groups is 1. The Kier molecular flexibility index (Phi) is 5.66. The minimum absolute atomic E-state index is 0.0895. The lowest BCUT2D eigenvalue weighted by molar-refractivity contribution is -0.133. The summed E-state index contributed by atoms with van der Waals surface area (Å²) in [6.07, 6.45) is 4.68. The van der Waals surface area contributed by atoms with Gasteiger partial charge in [-0.15, -0.1) is 0 Å². The smallest absolute Gasteiger partial charge is 0.246 e. The molecule has 4 rings (SSSR count). The molecule has 2 saturated carbocycles. The lowest BCUT2D eigenvalue weighted by Gasteiger charge is -2.27. The van der Waals surface area contributed by atoms with E-state index in [0.717, 1.165) is 44.1 Å². The minimum atomic E-state index is -0.573. The van der Waals surface area contributed by atoms with Gasteiger partial charge in [0.15, 0.2) is 11.5 Å². The number of amides is 1. The van der Waals surface area contributed by atoms with Crippen LogP contribution < -0.4 is 15.0 Å². The zero-order valence-corrected chi connectivity index (χ0v) is 16.7. The molecule has 2 unspecified atom stereocenters. The van der Waals surface area contributed by atoms with E-state index < -0.39 is 5.41 Å². The number of nitriles is 1. The van der Waals surface area contributed by atoms with Crippen molar-refractivity contribution in [2.75, 3.05) is 20.3 Å². The summed E-state index contributed by atoms with van der Waals surface area (Å²) < 4.78 is 17.1. The fourth-order valence-electron chi connectivity index (χ4n) is 5.43. The normalized spacial score (nSPS) is 31.7. The molecule has 0 radical (unpaired) electrons. The van der Waals surface area contributed by atoms with E-state index in [2.05, 4.69) is 6.07 Å². The molecular weight excluding hydrogens is 372 g/mol. The molecule has 2 N–H and O–H groups in total. The number of benzene rings is 1. The summed E-state index contributed by atoms with van der Waals surface area (Å²) in [5.74, 6) is 1.53. The molecule has 1 heterocycles. The fraction of sp³-hybridized carbons (Fsp3) is 0.636. The van der Waals surface area contributed by atoms with Gasteiger partial charge in [-0.25, -0.2) is 5.48 Å². The predicted octanol–water partition coefficient (Wildman–Crippen LogP) is 2.96. The minimum Gasteiger partial charge on any atom is -0.493 e. The second-order valence-electron chi connectivity index (χ2n) is 8.56. The molecule has 1 amide bonds. The Morgan fingerprint density at radius 2 is 1.93 bits per heavy atom. The number of carbonyl (C=O) groups excluding carboxylic acids is 1. The quantitative estimate of drug-likeness (QED) is 0.582. The Morgan fingerprint density at radius 1 is 1.24 bits per heavy atom. The maximum atomic E-state index is 11.8. The summed E-state index contributed by atoms with van der Waals surface area (Å²) in [7, 11) is 1.62. The number of hydrogen-bond acceptors (Lipinski definition) is 6. The number of nitrogens with one attached hydrogen (secondary N) is 1. The van der Waals surface area contributed by atoms with Crippen LogP contribution in [0, 0.1) is 29.1 Å². The molecule has 3 aliphatic rings. The molecule has 1 aromatic rings. The Labute approximate surface area is 170 Å². The van der Waals surface area contributed by atoms with Gasteiger partial charge in [0.25, 0.3) is 0 Å². The van der Waals surface area contributed by atoms with Gasteiger partial charge >= 0.3 is 0 Å². The summed E-state index contributed by atoms with van der Waals surface area (Å²) in [6.45, 7) is 1.39. The topological polar surface area (TPSA) is 101 Å². The van der Waals surface area contributed by atoms with Crippen LogP contribution in [0.1, 0.15) is 44.1 Å². The van der Waals surface area contributed by atoms with Crippen LogP contribution in [0.4, 0.5) is 0 Å². The molecule has 2 aliphatic carbocycles. The van der Waals surface area contributed by atoms with Crippen molar-refractivity contribution in [1.29, 1.82) is 5.26 Å². The SMILES string of the molecule is COc1ccc(C2(C#N)C[C@H]3CC(C(=O)NO)C[C@H]3C2)cc1OC1CCOCC1. The first-order valence-electron chi connectivity index (χ1n) is 10.4. The third-order valence-corrected chi connectivity index (χ3v) is 6.94. The number of hydroxylamine groups is 1. The van der Waals surface area contributed by atoms with Crippen LogP contribution in [0.15, 0.2) is 18.2 Å². The van der Waals surface area contributed by atoms with Crippen molar-refractivity contribution >= 4 is 5.91 Å². The molecule has 7 nitrogen and oxygen atoms in total. The molecule has 0 bridgehead atoms. The molecule has 4 atom stereocenters. The van der Waals surface area contributed by atoms with Gasteiger partial charge < -0.3 is 14.2 Å². The van der Waals surface area contributed by atoms with Gasteiger partial charge in [-0.3, -0.25) is 10.0 Å². The Morgan fingerprint density at radius 3 is 2.52 bits per heavy atom. The summed E-state index contributed by atoms with van der Waals surface area (Å²) >= 11 is 0. The van der Waals surface area contributed by atoms with Crippen molar-refractivity contribution in [2.45, 2.75) is 50.0 Å². The first-order valence-corrected chi connectivity index (χ1v) is 10.4. The molecule has 7 heteroatoms. The van der Waals surface area contributed by atoms with E-state index in [1.165, 1.54) is 0 Å². The fourth-order valence-corrected chi connectivity index (χ4v) is 5.43. The highest BCUT2D eigenvalue weighted by atomic mass is 16.5. The largest absolute Gasteiger partial charge is 0.493 e. The first-order chi connectivity index (χ1) is 14.1. The number of rotatable bonds is 5. The number of hydrogen-bond donors (Lipinski definition) is 2. The van der Waals surface area contributed by atoms with E-state index in [4.69, 9.17) is 19.4 Å². The molecule has 156 valence electrons. The average Bonchev–Trinajstić information content (AvgIpc) is 3.31.